The number of rotatable bonds is 7. The SMILES string of the molecule is CCCCNC1C=CN(C2CC(O)C(COC)O2)C(=O)N1. The summed E-state index contributed by atoms with van der Waals surface area (Å²) in [5, 5.41) is 16.0. The van der Waals surface area contributed by atoms with Crippen molar-refractivity contribution in [2.45, 2.75) is 50.8 Å². The van der Waals surface area contributed by atoms with Gasteiger partial charge < -0.3 is 19.9 Å². The summed E-state index contributed by atoms with van der Waals surface area (Å²) in [5.41, 5.74) is 0. The molecular formula is C14H25N3O4. The van der Waals surface area contributed by atoms with E-state index in [4.69, 9.17) is 9.47 Å². The van der Waals surface area contributed by atoms with Crippen LogP contribution in [0, 0.1) is 0 Å². The third kappa shape index (κ3) is 4.16. The molecule has 2 aliphatic rings. The minimum atomic E-state index is -0.614. The molecule has 7 heteroatoms. The molecule has 2 rings (SSSR count). The van der Waals surface area contributed by atoms with Crippen LogP contribution >= 0.6 is 0 Å². The lowest BCUT2D eigenvalue weighted by Gasteiger charge is -2.31. The van der Waals surface area contributed by atoms with E-state index in [0.29, 0.717) is 13.0 Å². The van der Waals surface area contributed by atoms with E-state index in [0.717, 1.165) is 19.4 Å². The minimum Gasteiger partial charge on any atom is -0.390 e. The number of unbranched alkanes of at least 4 members (excludes halogenated alkanes) is 1. The molecule has 1 saturated heterocycles. The first-order valence-corrected chi connectivity index (χ1v) is 7.48. The second-order valence-electron chi connectivity index (χ2n) is 5.37. The molecule has 0 bridgehead atoms. The predicted molar refractivity (Wildman–Crippen MR) is 77.4 cm³/mol. The predicted octanol–water partition coefficient (Wildman–Crippen LogP) is 0.363. The van der Waals surface area contributed by atoms with Crippen molar-refractivity contribution in [2.24, 2.45) is 0 Å². The van der Waals surface area contributed by atoms with Crippen LogP contribution in [0.25, 0.3) is 0 Å². The van der Waals surface area contributed by atoms with Crippen LogP contribution in [0.4, 0.5) is 4.79 Å². The number of carbonyl (C=O) groups is 1. The number of aliphatic hydroxyl groups is 1. The molecule has 0 saturated carbocycles. The molecule has 4 unspecified atom stereocenters. The maximum Gasteiger partial charge on any atom is 0.325 e. The Morgan fingerprint density at radius 2 is 2.43 bits per heavy atom. The van der Waals surface area contributed by atoms with Crippen LogP contribution in [0.3, 0.4) is 0 Å². The van der Waals surface area contributed by atoms with Crippen LogP contribution in [-0.4, -0.2) is 60.9 Å². The first-order valence-electron chi connectivity index (χ1n) is 7.48. The van der Waals surface area contributed by atoms with Gasteiger partial charge in [0, 0.05) is 19.7 Å². The van der Waals surface area contributed by atoms with Gasteiger partial charge in [0.2, 0.25) is 0 Å². The van der Waals surface area contributed by atoms with Gasteiger partial charge in [-0.15, -0.1) is 0 Å². The quantitative estimate of drug-likeness (QED) is 0.591. The van der Waals surface area contributed by atoms with E-state index in [-0.39, 0.29) is 18.3 Å². The standard InChI is InChI=1S/C14H25N3O4/c1-3-4-6-15-12-5-7-17(14(19)16-12)13-8-10(18)11(21-13)9-20-2/h5,7,10-13,15,18H,3-4,6,8-9H2,1-2H3,(H,16,19). The van der Waals surface area contributed by atoms with Gasteiger partial charge in [0.05, 0.1) is 12.7 Å². The highest BCUT2D eigenvalue weighted by atomic mass is 16.6. The Labute approximate surface area is 125 Å². The number of aliphatic hydroxyl groups excluding tert-OH is 1. The molecule has 4 atom stereocenters. The van der Waals surface area contributed by atoms with Crippen molar-refractivity contribution in [3.8, 4) is 0 Å². The second-order valence-corrected chi connectivity index (χ2v) is 5.37. The van der Waals surface area contributed by atoms with Crippen molar-refractivity contribution in [3.63, 3.8) is 0 Å². The van der Waals surface area contributed by atoms with E-state index in [9.17, 15) is 9.90 Å². The smallest absolute Gasteiger partial charge is 0.325 e. The number of nitrogens with one attached hydrogen (secondary N) is 2. The van der Waals surface area contributed by atoms with Gasteiger partial charge >= 0.3 is 6.03 Å². The number of methoxy groups -OCH3 is 1. The normalized spacial score (nSPS) is 32.5. The Bertz CT molecular complexity index is 377. The summed E-state index contributed by atoms with van der Waals surface area (Å²) in [7, 11) is 1.56. The van der Waals surface area contributed by atoms with Gasteiger partial charge in [0.25, 0.3) is 0 Å². The Kier molecular flexibility index (Phi) is 5.98. The zero-order chi connectivity index (χ0) is 15.2. The Morgan fingerprint density at radius 1 is 1.62 bits per heavy atom. The number of hydrogen-bond acceptors (Lipinski definition) is 5. The summed E-state index contributed by atoms with van der Waals surface area (Å²) in [5.74, 6) is 0. The topological polar surface area (TPSA) is 83.1 Å². The molecule has 21 heavy (non-hydrogen) atoms. The van der Waals surface area contributed by atoms with Crippen LogP contribution in [0.1, 0.15) is 26.2 Å². The summed E-state index contributed by atoms with van der Waals surface area (Å²) < 4.78 is 10.7. The molecule has 3 N–H and O–H groups in total. The van der Waals surface area contributed by atoms with Gasteiger partial charge in [-0.25, -0.2) is 4.79 Å². The van der Waals surface area contributed by atoms with Gasteiger partial charge in [-0.05, 0) is 19.0 Å². The van der Waals surface area contributed by atoms with Crippen LogP contribution in [0.15, 0.2) is 12.3 Å². The highest BCUT2D eigenvalue weighted by molar-refractivity contribution is 5.77. The number of nitrogens with zero attached hydrogens (tertiary/aromatic N) is 1. The molecule has 0 radical (unpaired) electrons. The number of hydrogen-bond donors (Lipinski definition) is 3. The molecule has 0 aromatic rings. The Balaban J connectivity index is 1.87. The van der Waals surface area contributed by atoms with Crippen molar-refractivity contribution in [1.29, 1.82) is 0 Å². The van der Waals surface area contributed by atoms with Crippen LogP contribution in [0.5, 0.6) is 0 Å². The molecular weight excluding hydrogens is 274 g/mol. The third-order valence-electron chi connectivity index (χ3n) is 3.69. The first kappa shape index (κ1) is 16.2. The average molecular weight is 299 g/mol. The monoisotopic (exact) mass is 299 g/mol. The largest absolute Gasteiger partial charge is 0.390 e. The fraction of sp³-hybridized carbons (Fsp3) is 0.786. The van der Waals surface area contributed by atoms with Crippen molar-refractivity contribution in [2.75, 3.05) is 20.3 Å². The maximum absolute atomic E-state index is 12.1. The molecule has 0 aliphatic carbocycles. The minimum absolute atomic E-state index is 0.151. The van der Waals surface area contributed by atoms with Crippen LogP contribution in [0.2, 0.25) is 0 Å². The lowest BCUT2D eigenvalue weighted by molar-refractivity contribution is -0.0619. The fourth-order valence-electron chi connectivity index (χ4n) is 2.48. The van der Waals surface area contributed by atoms with E-state index in [1.54, 1.807) is 13.3 Å². The second kappa shape index (κ2) is 7.74. The Morgan fingerprint density at radius 3 is 3.10 bits per heavy atom. The zero-order valence-corrected chi connectivity index (χ0v) is 12.6. The van der Waals surface area contributed by atoms with Gasteiger partial charge in [-0.3, -0.25) is 10.2 Å². The number of urea groups is 1. The van der Waals surface area contributed by atoms with E-state index in [1.807, 2.05) is 6.08 Å². The third-order valence-corrected chi connectivity index (χ3v) is 3.69. The number of ether oxygens (including phenoxy) is 2. The molecule has 7 nitrogen and oxygen atoms in total. The number of amides is 2. The van der Waals surface area contributed by atoms with Crippen molar-refractivity contribution < 1.29 is 19.4 Å². The zero-order valence-electron chi connectivity index (χ0n) is 12.6. The van der Waals surface area contributed by atoms with E-state index >= 15 is 0 Å². The summed E-state index contributed by atoms with van der Waals surface area (Å²) in [6, 6.07) is -0.221. The molecule has 0 aromatic carbocycles. The Hall–Kier alpha value is -1.15. The van der Waals surface area contributed by atoms with Crippen molar-refractivity contribution >= 4 is 6.03 Å². The molecule has 120 valence electrons. The van der Waals surface area contributed by atoms with E-state index < -0.39 is 12.3 Å². The summed E-state index contributed by atoms with van der Waals surface area (Å²) in [6.07, 6.45) is 4.57. The fourth-order valence-corrected chi connectivity index (χ4v) is 2.48. The van der Waals surface area contributed by atoms with Gasteiger partial charge in [0.1, 0.15) is 18.5 Å². The molecule has 2 amide bonds. The maximum atomic E-state index is 12.1. The lowest BCUT2D eigenvalue weighted by atomic mass is 10.2. The highest BCUT2D eigenvalue weighted by Gasteiger charge is 2.39. The lowest BCUT2D eigenvalue weighted by Crippen LogP contribution is -2.54. The summed E-state index contributed by atoms with van der Waals surface area (Å²) in [6.45, 7) is 3.30. The molecule has 0 aromatic heterocycles. The van der Waals surface area contributed by atoms with Crippen LogP contribution < -0.4 is 10.6 Å². The van der Waals surface area contributed by atoms with E-state index in [1.165, 1.54) is 4.90 Å². The molecule has 2 heterocycles. The summed E-state index contributed by atoms with van der Waals surface area (Å²) in [4.78, 5) is 13.6. The van der Waals surface area contributed by atoms with Crippen molar-refractivity contribution in [1.82, 2.24) is 15.5 Å². The highest BCUT2D eigenvalue weighted by Crippen LogP contribution is 2.25. The first-order chi connectivity index (χ1) is 10.2. The van der Waals surface area contributed by atoms with Gasteiger partial charge in [-0.2, -0.15) is 0 Å². The average Bonchev–Trinajstić information content (AvgIpc) is 2.81. The van der Waals surface area contributed by atoms with Crippen LogP contribution in [-0.2, 0) is 9.47 Å². The molecule has 0 spiro atoms. The summed E-state index contributed by atoms with van der Waals surface area (Å²) >= 11 is 0. The number of carbonyl (C=O) groups excluding carboxylic acids is 1. The van der Waals surface area contributed by atoms with Crippen molar-refractivity contribution in [3.05, 3.63) is 12.3 Å². The van der Waals surface area contributed by atoms with E-state index in [2.05, 4.69) is 17.6 Å². The van der Waals surface area contributed by atoms with Gasteiger partial charge in [0.15, 0.2) is 0 Å². The molecule has 2 aliphatic heterocycles. The molecule has 1 fully saturated rings. The van der Waals surface area contributed by atoms with Gasteiger partial charge in [-0.1, -0.05) is 13.3 Å².